The zero-order valence-electron chi connectivity index (χ0n) is 8.62. The van der Waals surface area contributed by atoms with Gasteiger partial charge < -0.3 is 5.32 Å². The summed E-state index contributed by atoms with van der Waals surface area (Å²) in [6, 6.07) is 7.09. The number of nitrogens with one attached hydrogen (secondary N) is 1. The molecule has 3 nitrogen and oxygen atoms in total. The fraction of sp³-hybridized carbons (Fsp3) is 0.273. The Bertz CT molecular complexity index is 389. The molecule has 17 heavy (non-hydrogen) atoms. The molecule has 0 saturated heterocycles. The van der Waals surface area contributed by atoms with Crippen LogP contribution in [0.25, 0.3) is 0 Å². The van der Waals surface area contributed by atoms with E-state index in [9.17, 15) is 22.8 Å². The largest absolute Gasteiger partial charge is 0.471 e. The van der Waals surface area contributed by atoms with Crippen molar-refractivity contribution in [1.82, 2.24) is 5.32 Å². The Morgan fingerprint density at radius 2 is 1.88 bits per heavy atom. The SMILES string of the molecule is O=[C][C@@H](Cc1ccccc1)NC(=O)C(F)(F)F. The maximum Gasteiger partial charge on any atom is 0.471 e. The highest BCUT2D eigenvalue weighted by Crippen LogP contribution is 2.14. The van der Waals surface area contributed by atoms with E-state index in [0.29, 0.717) is 5.56 Å². The molecule has 0 spiro atoms. The lowest BCUT2D eigenvalue weighted by Gasteiger charge is -2.13. The summed E-state index contributed by atoms with van der Waals surface area (Å²) in [5.41, 5.74) is 0.642. The van der Waals surface area contributed by atoms with E-state index in [4.69, 9.17) is 0 Å². The summed E-state index contributed by atoms with van der Waals surface area (Å²) in [7, 11) is 0. The lowest BCUT2D eigenvalue weighted by atomic mass is 10.1. The van der Waals surface area contributed by atoms with Gasteiger partial charge in [-0.25, -0.2) is 0 Å². The van der Waals surface area contributed by atoms with E-state index < -0.39 is 18.1 Å². The van der Waals surface area contributed by atoms with Crippen LogP contribution < -0.4 is 5.32 Å². The summed E-state index contributed by atoms with van der Waals surface area (Å²) >= 11 is 0. The minimum atomic E-state index is -4.99. The molecule has 0 saturated carbocycles. The third-order valence-electron chi connectivity index (χ3n) is 1.99. The number of halogens is 3. The van der Waals surface area contributed by atoms with E-state index in [2.05, 4.69) is 0 Å². The Morgan fingerprint density at radius 1 is 1.29 bits per heavy atom. The first kappa shape index (κ1) is 13.2. The third-order valence-corrected chi connectivity index (χ3v) is 1.99. The molecule has 0 aliphatic carbocycles. The fourth-order valence-electron chi connectivity index (χ4n) is 1.21. The molecule has 1 atom stereocenters. The minimum absolute atomic E-state index is 0.0217. The normalized spacial score (nSPS) is 12.9. The zero-order chi connectivity index (χ0) is 12.9. The molecule has 0 aliphatic heterocycles. The monoisotopic (exact) mass is 244 g/mol. The fourth-order valence-corrected chi connectivity index (χ4v) is 1.21. The summed E-state index contributed by atoms with van der Waals surface area (Å²) in [4.78, 5) is 21.1. The van der Waals surface area contributed by atoms with E-state index in [1.807, 2.05) is 0 Å². The van der Waals surface area contributed by atoms with Crippen molar-refractivity contribution in [3.8, 4) is 0 Å². The van der Waals surface area contributed by atoms with Gasteiger partial charge in [-0.15, -0.1) is 0 Å². The van der Waals surface area contributed by atoms with Gasteiger partial charge in [0.2, 0.25) is 6.29 Å². The quantitative estimate of drug-likeness (QED) is 0.869. The molecule has 1 rings (SSSR count). The number of benzene rings is 1. The molecule has 1 amide bonds. The second-order valence-corrected chi connectivity index (χ2v) is 3.33. The molecule has 1 radical (unpaired) electrons. The topological polar surface area (TPSA) is 46.2 Å². The molecule has 0 fully saturated rings. The number of carbonyl (C=O) groups is 1. The van der Waals surface area contributed by atoms with E-state index in [-0.39, 0.29) is 6.42 Å². The first-order valence-corrected chi connectivity index (χ1v) is 4.73. The Labute approximate surface area is 95.6 Å². The summed E-state index contributed by atoms with van der Waals surface area (Å²) in [6.45, 7) is 0. The van der Waals surface area contributed by atoms with Gasteiger partial charge in [-0.2, -0.15) is 13.2 Å². The van der Waals surface area contributed by atoms with E-state index >= 15 is 0 Å². The van der Waals surface area contributed by atoms with Crippen molar-refractivity contribution in [3.63, 3.8) is 0 Å². The van der Waals surface area contributed by atoms with Crippen molar-refractivity contribution in [2.75, 3.05) is 0 Å². The van der Waals surface area contributed by atoms with Crippen molar-refractivity contribution in [3.05, 3.63) is 35.9 Å². The molecular formula is C11H9F3NO2. The highest BCUT2D eigenvalue weighted by Gasteiger charge is 2.39. The van der Waals surface area contributed by atoms with Crippen LogP contribution >= 0.6 is 0 Å². The van der Waals surface area contributed by atoms with Gasteiger partial charge in [0.15, 0.2) is 0 Å². The molecular weight excluding hydrogens is 235 g/mol. The Morgan fingerprint density at radius 3 is 2.35 bits per heavy atom. The van der Waals surface area contributed by atoms with Gasteiger partial charge in [0.25, 0.3) is 0 Å². The van der Waals surface area contributed by atoms with Crippen LogP contribution in [0.1, 0.15) is 5.56 Å². The second kappa shape index (κ2) is 5.47. The van der Waals surface area contributed by atoms with Crippen LogP contribution in [-0.4, -0.2) is 24.4 Å². The van der Waals surface area contributed by atoms with Crippen LogP contribution in [0.4, 0.5) is 13.2 Å². The van der Waals surface area contributed by atoms with Gasteiger partial charge in [0, 0.05) is 6.42 Å². The summed E-state index contributed by atoms with van der Waals surface area (Å²) in [5.74, 6) is -2.14. The Hall–Kier alpha value is -1.85. The lowest BCUT2D eigenvalue weighted by molar-refractivity contribution is -0.173. The number of hydrogen-bond acceptors (Lipinski definition) is 2. The molecule has 1 aromatic carbocycles. The number of amides is 1. The van der Waals surface area contributed by atoms with Gasteiger partial charge in [-0.3, -0.25) is 9.59 Å². The first-order chi connectivity index (χ1) is 7.93. The zero-order valence-corrected chi connectivity index (χ0v) is 8.62. The Kier molecular flexibility index (Phi) is 4.25. The number of carbonyl (C=O) groups excluding carboxylic acids is 2. The van der Waals surface area contributed by atoms with E-state index in [0.717, 1.165) is 0 Å². The maximum atomic E-state index is 11.9. The van der Waals surface area contributed by atoms with Crippen molar-refractivity contribution >= 4 is 12.2 Å². The van der Waals surface area contributed by atoms with Crippen molar-refractivity contribution < 1.29 is 22.8 Å². The van der Waals surface area contributed by atoms with Crippen LogP contribution in [0.2, 0.25) is 0 Å². The van der Waals surface area contributed by atoms with Crippen LogP contribution in [0.15, 0.2) is 30.3 Å². The van der Waals surface area contributed by atoms with Crippen LogP contribution in [0.5, 0.6) is 0 Å². The number of hydrogen-bond donors (Lipinski definition) is 1. The predicted octanol–water partition coefficient (Wildman–Crippen LogP) is 1.39. The molecule has 0 heterocycles. The summed E-state index contributed by atoms with van der Waals surface area (Å²) < 4.78 is 35.8. The van der Waals surface area contributed by atoms with Crippen LogP contribution in [0, 0.1) is 0 Å². The molecule has 0 aromatic heterocycles. The highest BCUT2D eigenvalue weighted by atomic mass is 19.4. The summed E-state index contributed by atoms with van der Waals surface area (Å²) in [6.07, 6.45) is -3.64. The molecule has 91 valence electrons. The van der Waals surface area contributed by atoms with Crippen molar-refractivity contribution in [2.24, 2.45) is 0 Å². The molecule has 1 aromatic rings. The minimum Gasteiger partial charge on any atom is -0.338 e. The average Bonchev–Trinajstić information content (AvgIpc) is 2.28. The van der Waals surface area contributed by atoms with Crippen molar-refractivity contribution in [2.45, 2.75) is 18.6 Å². The Balaban J connectivity index is 2.62. The number of alkyl halides is 3. The highest BCUT2D eigenvalue weighted by molar-refractivity contribution is 5.84. The average molecular weight is 244 g/mol. The standard InChI is InChI=1S/C11H9F3NO2/c12-11(13,14)10(17)15-9(7-16)6-8-4-2-1-3-5-8/h1-5,9H,6H2,(H,15,17)/t9-/m1/s1. The first-order valence-electron chi connectivity index (χ1n) is 4.73. The van der Waals surface area contributed by atoms with Gasteiger partial charge in [-0.05, 0) is 5.56 Å². The van der Waals surface area contributed by atoms with E-state index in [1.165, 1.54) is 6.29 Å². The van der Waals surface area contributed by atoms with Gasteiger partial charge in [0.05, 0.1) is 6.04 Å². The van der Waals surface area contributed by atoms with Gasteiger partial charge in [0.1, 0.15) is 0 Å². The smallest absolute Gasteiger partial charge is 0.338 e. The molecule has 0 aliphatic rings. The van der Waals surface area contributed by atoms with E-state index in [1.54, 1.807) is 35.6 Å². The summed E-state index contributed by atoms with van der Waals surface area (Å²) in [5, 5.41) is 1.57. The second-order valence-electron chi connectivity index (χ2n) is 3.33. The molecule has 1 N–H and O–H groups in total. The maximum absolute atomic E-state index is 11.9. The van der Waals surface area contributed by atoms with Crippen LogP contribution in [0.3, 0.4) is 0 Å². The molecule has 0 bridgehead atoms. The predicted molar refractivity (Wildman–Crippen MR) is 53.8 cm³/mol. The van der Waals surface area contributed by atoms with Gasteiger partial charge >= 0.3 is 12.1 Å². The number of rotatable bonds is 4. The lowest BCUT2D eigenvalue weighted by Crippen LogP contribution is -2.44. The molecule has 6 heteroatoms. The van der Waals surface area contributed by atoms with Gasteiger partial charge in [-0.1, -0.05) is 30.3 Å². The van der Waals surface area contributed by atoms with Crippen molar-refractivity contribution in [1.29, 1.82) is 0 Å². The van der Waals surface area contributed by atoms with Crippen LogP contribution in [-0.2, 0) is 16.0 Å². The molecule has 0 unspecified atom stereocenters. The third kappa shape index (κ3) is 4.26.